The molecule has 3 aromatic rings. The molecule has 32 heavy (non-hydrogen) atoms. The molecule has 5 rings (SSSR count). The SMILES string of the molecule is NC(=O)NC1CCC(Oc2ccc3nnc(C(=O)N4CCOCC4)n3c2)c2ccccc21. The van der Waals surface area contributed by atoms with E-state index in [-0.39, 0.29) is 23.9 Å². The summed E-state index contributed by atoms with van der Waals surface area (Å²) in [6, 6.07) is 10.8. The number of rotatable bonds is 4. The molecule has 2 atom stereocenters. The van der Waals surface area contributed by atoms with Gasteiger partial charge in [0.1, 0.15) is 11.9 Å². The van der Waals surface area contributed by atoms with Gasteiger partial charge in [0.2, 0.25) is 5.82 Å². The maximum absolute atomic E-state index is 12.9. The molecule has 10 nitrogen and oxygen atoms in total. The van der Waals surface area contributed by atoms with Crippen LogP contribution >= 0.6 is 0 Å². The van der Waals surface area contributed by atoms with E-state index in [4.69, 9.17) is 15.2 Å². The highest BCUT2D eigenvalue weighted by Crippen LogP contribution is 2.38. The second kappa shape index (κ2) is 8.46. The van der Waals surface area contributed by atoms with Crippen LogP contribution in [0.2, 0.25) is 0 Å². The quantitative estimate of drug-likeness (QED) is 0.643. The monoisotopic (exact) mass is 436 g/mol. The molecule has 0 saturated carbocycles. The Balaban J connectivity index is 1.41. The number of amides is 3. The molecule has 1 saturated heterocycles. The van der Waals surface area contributed by atoms with Crippen LogP contribution in [-0.2, 0) is 4.74 Å². The van der Waals surface area contributed by atoms with E-state index >= 15 is 0 Å². The van der Waals surface area contributed by atoms with E-state index in [2.05, 4.69) is 15.5 Å². The van der Waals surface area contributed by atoms with Crippen molar-refractivity contribution in [2.45, 2.75) is 25.0 Å². The van der Waals surface area contributed by atoms with Crippen LogP contribution in [0.3, 0.4) is 0 Å². The van der Waals surface area contributed by atoms with Gasteiger partial charge in [0, 0.05) is 13.1 Å². The van der Waals surface area contributed by atoms with Gasteiger partial charge in [-0.3, -0.25) is 9.20 Å². The van der Waals surface area contributed by atoms with E-state index in [1.165, 1.54) is 0 Å². The Bertz CT molecular complexity index is 1160. The van der Waals surface area contributed by atoms with Crippen LogP contribution in [0, 0.1) is 0 Å². The van der Waals surface area contributed by atoms with Crippen LogP contribution in [0.1, 0.15) is 46.7 Å². The third-order valence-electron chi connectivity index (χ3n) is 5.90. The van der Waals surface area contributed by atoms with Crippen molar-refractivity contribution in [2.24, 2.45) is 5.73 Å². The molecular weight excluding hydrogens is 412 g/mol. The first-order valence-corrected chi connectivity index (χ1v) is 10.6. The summed E-state index contributed by atoms with van der Waals surface area (Å²) in [5, 5.41) is 11.0. The number of hydrogen-bond acceptors (Lipinski definition) is 6. The predicted molar refractivity (Wildman–Crippen MR) is 114 cm³/mol. The number of urea groups is 1. The largest absolute Gasteiger partial charge is 0.484 e. The average molecular weight is 436 g/mol. The van der Waals surface area contributed by atoms with Crippen molar-refractivity contribution in [1.29, 1.82) is 0 Å². The third-order valence-corrected chi connectivity index (χ3v) is 5.90. The Morgan fingerprint density at radius 2 is 1.84 bits per heavy atom. The van der Waals surface area contributed by atoms with Crippen LogP contribution < -0.4 is 15.8 Å². The minimum atomic E-state index is -0.542. The molecule has 3 N–H and O–H groups in total. The molecule has 2 aliphatic rings. The van der Waals surface area contributed by atoms with Crippen molar-refractivity contribution in [3.63, 3.8) is 0 Å². The van der Waals surface area contributed by atoms with Crippen molar-refractivity contribution < 1.29 is 19.1 Å². The summed E-state index contributed by atoms with van der Waals surface area (Å²) < 4.78 is 13.3. The number of nitrogens with two attached hydrogens (primary N) is 1. The third kappa shape index (κ3) is 3.84. The number of aromatic nitrogens is 3. The highest BCUT2D eigenvalue weighted by molar-refractivity contribution is 5.91. The van der Waals surface area contributed by atoms with Gasteiger partial charge in [-0.1, -0.05) is 24.3 Å². The number of ether oxygens (including phenoxy) is 2. The minimum absolute atomic E-state index is 0.137. The first-order chi connectivity index (χ1) is 15.6. The number of hydrogen-bond donors (Lipinski definition) is 2. The molecule has 10 heteroatoms. The number of benzene rings is 1. The van der Waals surface area contributed by atoms with Crippen LogP contribution in [0.25, 0.3) is 5.65 Å². The molecule has 3 heterocycles. The lowest BCUT2D eigenvalue weighted by molar-refractivity contribution is 0.0294. The number of nitrogens with zero attached hydrogens (tertiary/aromatic N) is 4. The molecule has 1 fully saturated rings. The predicted octanol–water partition coefficient (Wildman–Crippen LogP) is 1.82. The molecule has 1 aliphatic carbocycles. The number of pyridine rings is 1. The molecule has 0 bridgehead atoms. The van der Waals surface area contributed by atoms with E-state index in [0.717, 1.165) is 11.1 Å². The van der Waals surface area contributed by atoms with Crippen LogP contribution in [0.5, 0.6) is 5.75 Å². The van der Waals surface area contributed by atoms with E-state index in [1.54, 1.807) is 21.6 Å². The summed E-state index contributed by atoms with van der Waals surface area (Å²) in [7, 11) is 0. The van der Waals surface area contributed by atoms with Gasteiger partial charge in [-0.15, -0.1) is 10.2 Å². The zero-order valence-electron chi connectivity index (χ0n) is 17.4. The molecular formula is C22H24N6O4. The summed E-state index contributed by atoms with van der Waals surface area (Å²) in [6.45, 7) is 2.10. The van der Waals surface area contributed by atoms with E-state index in [9.17, 15) is 9.59 Å². The first-order valence-electron chi connectivity index (χ1n) is 10.6. The zero-order valence-corrected chi connectivity index (χ0v) is 17.4. The normalized spacial score (nSPS) is 20.6. The van der Waals surface area contributed by atoms with Gasteiger partial charge >= 0.3 is 6.03 Å². The number of morpholine rings is 1. The molecule has 166 valence electrons. The summed E-state index contributed by atoms with van der Waals surface area (Å²) in [4.78, 5) is 26.0. The van der Waals surface area contributed by atoms with E-state index in [0.29, 0.717) is 50.5 Å². The second-order valence-electron chi connectivity index (χ2n) is 7.90. The maximum Gasteiger partial charge on any atom is 0.312 e. The lowest BCUT2D eigenvalue weighted by Gasteiger charge is -2.32. The topological polar surface area (TPSA) is 124 Å². The lowest BCUT2D eigenvalue weighted by Crippen LogP contribution is -2.41. The Morgan fingerprint density at radius 1 is 1.06 bits per heavy atom. The van der Waals surface area contributed by atoms with Gasteiger partial charge in [0.05, 0.1) is 25.5 Å². The Kier molecular flexibility index (Phi) is 5.36. The van der Waals surface area contributed by atoms with Crippen LogP contribution in [0.15, 0.2) is 42.6 Å². The summed E-state index contributed by atoms with van der Waals surface area (Å²) >= 11 is 0. The molecule has 0 spiro atoms. The smallest absolute Gasteiger partial charge is 0.312 e. The molecule has 1 aliphatic heterocycles. The summed E-state index contributed by atoms with van der Waals surface area (Å²) in [5.41, 5.74) is 7.91. The van der Waals surface area contributed by atoms with Crippen molar-refractivity contribution in [3.05, 3.63) is 59.5 Å². The fourth-order valence-electron chi connectivity index (χ4n) is 4.35. The standard InChI is InChI=1S/C22H24N6O4/c23-22(30)24-17-6-7-18(16-4-2-1-3-15(16)17)32-14-5-8-19-25-26-20(28(19)13-14)21(29)27-9-11-31-12-10-27/h1-5,8,13,17-18H,6-7,9-12H2,(H3,23,24,30). The minimum Gasteiger partial charge on any atom is -0.484 e. The lowest BCUT2D eigenvalue weighted by atomic mass is 9.85. The van der Waals surface area contributed by atoms with Gasteiger partial charge in [0.25, 0.3) is 5.91 Å². The molecule has 1 aromatic carbocycles. The number of carbonyl (C=O) groups is 2. The number of carbonyl (C=O) groups excluding carboxylic acids is 2. The summed E-state index contributed by atoms with van der Waals surface area (Å²) in [5.74, 6) is 0.679. The number of nitrogens with one attached hydrogen (secondary N) is 1. The van der Waals surface area contributed by atoms with Gasteiger partial charge < -0.3 is 25.4 Å². The first kappa shape index (κ1) is 20.3. The average Bonchev–Trinajstić information content (AvgIpc) is 3.24. The molecule has 3 amide bonds. The van der Waals surface area contributed by atoms with Crippen LogP contribution in [0.4, 0.5) is 4.79 Å². The van der Waals surface area contributed by atoms with Gasteiger partial charge in [-0.05, 0) is 36.1 Å². The summed E-state index contributed by atoms with van der Waals surface area (Å²) in [6.07, 6.45) is 2.98. The molecule has 2 aromatic heterocycles. The Labute approximate surface area is 184 Å². The fourth-order valence-corrected chi connectivity index (χ4v) is 4.35. The Hall–Kier alpha value is -3.66. The number of fused-ring (bicyclic) bond motifs is 2. The van der Waals surface area contributed by atoms with Crippen molar-refractivity contribution in [3.8, 4) is 5.75 Å². The fraction of sp³-hybridized carbons (Fsp3) is 0.364. The second-order valence-corrected chi connectivity index (χ2v) is 7.90. The van der Waals surface area contributed by atoms with Gasteiger partial charge in [-0.2, -0.15) is 0 Å². The highest BCUT2D eigenvalue weighted by Gasteiger charge is 2.29. The maximum atomic E-state index is 12.9. The Morgan fingerprint density at radius 3 is 2.62 bits per heavy atom. The van der Waals surface area contributed by atoms with Crippen molar-refractivity contribution in [2.75, 3.05) is 26.3 Å². The number of primary amides is 1. The molecule has 2 unspecified atom stereocenters. The molecule has 0 radical (unpaired) electrons. The van der Waals surface area contributed by atoms with Crippen molar-refractivity contribution in [1.82, 2.24) is 24.8 Å². The van der Waals surface area contributed by atoms with Crippen LogP contribution in [-0.4, -0.2) is 57.7 Å². The van der Waals surface area contributed by atoms with Gasteiger partial charge in [-0.25, -0.2) is 4.79 Å². The highest BCUT2D eigenvalue weighted by atomic mass is 16.5. The van der Waals surface area contributed by atoms with Crippen molar-refractivity contribution >= 4 is 17.6 Å². The van der Waals surface area contributed by atoms with E-state index < -0.39 is 6.03 Å². The van der Waals surface area contributed by atoms with E-state index in [1.807, 2.05) is 30.3 Å². The zero-order chi connectivity index (χ0) is 22.1. The van der Waals surface area contributed by atoms with Gasteiger partial charge in [0.15, 0.2) is 5.65 Å².